The zero-order chi connectivity index (χ0) is 14.2. The lowest BCUT2D eigenvalue weighted by Crippen LogP contribution is -2.40. The molecule has 1 atom stereocenters. The van der Waals surface area contributed by atoms with Crippen LogP contribution in [0.3, 0.4) is 0 Å². The van der Waals surface area contributed by atoms with Gasteiger partial charge in [0.2, 0.25) is 0 Å². The maximum absolute atomic E-state index is 9.46. The van der Waals surface area contributed by atoms with Crippen molar-refractivity contribution in [3.05, 3.63) is 10.4 Å². The molecule has 0 heterocycles. The number of aliphatic hydroxyl groups is 1. The highest BCUT2D eigenvalue weighted by Crippen LogP contribution is 2.36. The lowest BCUT2D eigenvalue weighted by Gasteiger charge is -2.35. The third-order valence-electron chi connectivity index (χ3n) is 3.15. The summed E-state index contributed by atoms with van der Waals surface area (Å²) in [7, 11) is -1.76. The van der Waals surface area contributed by atoms with Gasteiger partial charge >= 0.3 is 0 Å². The fourth-order valence-corrected chi connectivity index (χ4v) is 1.76. The summed E-state index contributed by atoms with van der Waals surface area (Å²) in [5.74, 6) is 5.50. The summed E-state index contributed by atoms with van der Waals surface area (Å²) >= 11 is 0. The van der Waals surface area contributed by atoms with Gasteiger partial charge in [-0.1, -0.05) is 37.7 Å². The molecule has 0 bridgehead atoms. The van der Waals surface area contributed by atoms with Gasteiger partial charge < -0.3 is 9.53 Å². The highest BCUT2D eigenvalue weighted by molar-refractivity contribution is 6.74. The molecule has 0 saturated heterocycles. The predicted octanol–water partition coefficient (Wildman–Crippen LogP) is 3.07. The molecule has 0 rings (SSSR count). The molecule has 102 valence electrons. The van der Waals surface area contributed by atoms with Gasteiger partial charge in [-0.25, -0.2) is 0 Å². The van der Waals surface area contributed by atoms with Crippen LogP contribution < -0.4 is 0 Å². The zero-order valence-electron chi connectivity index (χ0n) is 11.9. The molecular formula is C12H23N3O2Si. The van der Waals surface area contributed by atoms with Gasteiger partial charge in [0.15, 0.2) is 8.32 Å². The molecule has 0 radical (unpaired) electrons. The van der Waals surface area contributed by atoms with Gasteiger partial charge in [-0.15, -0.1) is 0 Å². The van der Waals surface area contributed by atoms with E-state index in [1.807, 2.05) is 0 Å². The first-order chi connectivity index (χ1) is 8.20. The van der Waals surface area contributed by atoms with Crippen LogP contribution in [-0.4, -0.2) is 32.7 Å². The lowest BCUT2D eigenvalue weighted by atomic mass is 10.2. The van der Waals surface area contributed by atoms with Gasteiger partial charge in [-0.05, 0) is 30.1 Å². The second-order valence-corrected chi connectivity index (χ2v) is 10.4. The minimum absolute atomic E-state index is 0.162. The molecule has 0 aromatic rings. The van der Waals surface area contributed by atoms with Crippen LogP contribution in [0.5, 0.6) is 0 Å². The summed E-state index contributed by atoms with van der Waals surface area (Å²) in [6.45, 7) is 11.4. The number of rotatable bonds is 5. The SMILES string of the molecule is CC(C)(C)[Si](C)(C)OCC#CC(O)CCN=[N+]=[N-]. The maximum Gasteiger partial charge on any atom is 0.193 e. The molecule has 5 nitrogen and oxygen atoms in total. The molecule has 0 aliphatic heterocycles. The standard InChI is InChI=1S/C12H23N3O2Si/c1-12(2,3)18(4,5)17-10-6-7-11(16)8-9-14-15-13/h11,16H,8-10H2,1-5H3. The minimum Gasteiger partial charge on any atom is -0.406 e. The van der Waals surface area contributed by atoms with Crippen LogP contribution in [-0.2, 0) is 4.43 Å². The predicted molar refractivity (Wildman–Crippen MR) is 75.6 cm³/mol. The lowest BCUT2D eigenvalue weighted by molar-refractivity contribution is 0.224. The first kappa shape index (κ1) is 17.0. The van der Waals surface area contributed by atoms with Crippen molar-refractivity contribution in [2.45, 2.75) is 51.4 Å². The van der Waals surface area contributed by atoms with Crippen molar-refractivity contribution < 1.29 is 9.53 Å². The Hall–Kier alpha value is -0.993. The zero-order valence-corrected chi connectivity index (χ0v) is 12.9. The molecule has 0 aliphatic carbocycles. The topological polar surface area (TPSA) is 78.2 Å². The smallest absolute Gasteiger partial charge is 0.193 e. The van der Waals surface area contributed by atoms with Gasteiger partial charge in [0.25, 0.3) is 0 Å². The van der Waals surface area contributed by atoms with Crippen molar-refractivity contribution in [2.24, 2.45) is 5.11 Å². The molecule has 0 saturated carbocycles. The Morgan fingerprint density at radius 2 is 2.06 bits per heavy atom. The number of azide groups is 1. The van der Waals surface area contributed by atoms with E-state index in [0.29, 0.717) is 13.0 Å². The molecule has 0 spiro atoms. The molecule has 0 aromatic heterocycles. The molecule has 6 heteroatoms. The Bertz CT molecular complexity index is 360. The highest BCUT2D eigenvalue weighted by Gasteiger charge is 2.36. The van der Waals surface area contributed by atoms with Crippen molar-refractivity contribution in [2.75, 3.05) is 13.2 Å². The van der Waals surface area contributed by atoms with Gasteiger partial charge in [-0.3, -0.25) is 0 Å². The minimum atomic E-state index is -1.76. The van der Waals surface area contributed by atoms with Crippen LogP contribution in [0.1, 0.15) is 27.2 Å². The molecule has 0 aliphatic rings. The Kier molecular flexibility index (Phi) is 7.03. The second-order valence-electron chi connectivity index (χ2n) is 5.63. The van der Waals surface area contributed by atoms with E-state index in [0.717, 1.165) is 0 Å². The molecule has 0 amide bonds. The van der Waals surface area contributed by atoms with E-state index in [2.05, 4.69) is 55.7 Å². The molecule has 1 unspecified atom stereocenters. The highest BCUT2D eigenvalue weighted by atomic mass is 28.4. The normalized spacial score (nSPS) is 13.2. The maximum atomic E-state index is 9.46. The van der Waals surface area contributed by atoms with Crippen molar-refractivity contribution >= 4 is 8.32 Å². The van der Waals surface area contributed by atoms with Crippen LogP contribution in [0.2, 0.25) is 18.1 Å². The largest absolute Gasteiger partial charge is 0.406 e. The quantitative estimate of drug-likeness (QED) is 0.274. The third kappa shape index (κ3) is 6.67. The van der Waals surface area contributed by atoms with Crippen LogP contribution in [0, 0.1) is 11.8 Å². The summed E-state index contributed by atoms with van der Waals surface area (Å²) in [4.78, 5) is 2.61. The molecule has 18 heavy (non-hydrogen) atoms. The summed E-state index contributed by atoms with van der Waals surface area (Å²) in [5.41, 5.74) is 8.08. The van der Waals surface area contributed by atoms with E-state index in [-0.39, 0.29) is 11.6 Å². The van der Waals surface area contributed by atoms with E-state index < -0.39 is 14.4 Å². The van der Waals surface area contributed by atoms with E-state index in [9.17, 15) is 5.11 Å². The Morgan fingerprint density at radius 3 is 2.56 bits per heavy atom. The summed E-state index contributed by atoms with van der Waals surface area (Å²) in [6, 6.07) is 0. The van der Waals surface area contributed by atoms with E-state index >= 15 is 0 Å². The van der Waals surface area contributed by atoms with Crippen LogP contribution in [0.15, 0.2) is 5.11 Å². The average molecular weight is 269 g/mol. The molecule has 1 N–H and O–H groups in total. The van der Waals surface area contributed by atoms with Crippen LogP contribution in [0.25, 0.3) is 10.4 Å². The fourth-order valence-electron chi connectivity index (χ4n) is 0.889. The fraction of sp³-hybridized carbons (Fsp3) is 0.833. The van der Waals surface area contributed by atoms with Gasteiger partial charge in [0.05, 0.1) is 6.61 Å². The molecule has 0 aromatic carbocycles. The van der Waals surface area contributed by atoms with Crippen molar-refractivity contribution in [3.8, 4) is 11.8 Å². The summed E-state index contributed by atoms with van der Waals surface area (Å²) in [5, 5.41) is 13.0. The van der Waals surface area contributed by atoms with Crippen LogP contribution >= 0.6 is 0 Å². The van der Waals surface area contributed by atoms with Gasteiger partial charge in [0, 0.05) is 11.5 Å². The van der Waals surface area contributed by atoms with Crippen molar-refractivity contribution in [1.82, 2.24) is 0 Å². The Labute approximate surface area is 110 Å². The van der Waals surface area contributed by atoms with Gasteiger partial charge in [0.1, 0.15) is 6.10 Å². The Balaban J connectivity index is 4.08. The summed E-state index contributed by atoms with van der Waals surface area (Å²) < 4.78 is 5.84. The monoisotopic (exact) mass is 269 g/mol. The number of hydrogen-bond acceptors (Lipinski definition) is 3. The van der Waals surface area contributed by atoms with Crippen molar-refractivity contribution in [1.29, 1.82) is 0 Å². The van der Waals surface area contributed by atoms with Crippen molar-refractivity contribution in [3.63, 3.8) is 0 Å². The van der Waals surface area contributed by atoms with E-state index in [1.54, 1.807) is 0 Å². The first-order valence-corrected chi connectivity index (χ1v) is 8.93. The number of hydrogen-bond donors (Lipinski definition) is 1. The number of nitrogens with zero attached hydrogens (tertiary/aromatic N) is 3. The molecule has 0 fully saturated rings. The third-order valence-corrected chi connectivity index (χ3v) is 7.62. The second kappa shape index (κ2) is 7.44. The number of aliphatic hydroxyl groups excluding tert-OH is 1. The van der Waals surface area contributed by atoms with Crippen LogP contribution in [0.4, 0.5) is 0 Å². The molecular weight excluding hydrogens is 246 g/mol. The van der Waals surface area contributed by atoms with E-state index in [4.69, 9.17) is 9.96 Å². The van der Waals surface area contributed by atoms with Gasteiger partial charge in [-0.2, -0.15) is 0 Å². The average Bonchev–Trinajstić information content (AvgIpc) is 2.23. The first-order valence-electron chi connectivity index (χ1n) is 6.02. The van der Waals surface area contributed by atoms with E-state index in [1.165, 1.54) is 0 Å². The summed E-state index contributed by atoms with van der Waals surface area (Å²) in [6.07, 6.45) is -0.393. The Morgan fingerprint density at radius 1 is 1.44 bits per heavy atom.